The van der Waals surface area contributed by atoms with Crippen LogP contribution in [0.15, 0.2) is 42.5 Å². The van der Waals surface area contributed by atoms with Crippen LogP contribution in [0.5, 0.6) is 17.2 Å². The Hall–Kier alpha value is -2.73. The molecule has 1 heterocycles. The van der Waals surface area contributed by atoms with Gasteiger partial charge in [-0.05, 0) is 38.8 Å². The Labute approximate surface area is 172 Å². The van der Waals surface area contributed by atoms with E-state index in [0.29, 0.717) is 29.2 Å². The van der Waals surface area contributed by atoms with Gasteiger partial charge in [0.25, 0.3) is 0 Å². The molecule has 1 aliphatic heterocycles. The molecule has 6 heteroatoms. The summed E-state index contributed by atoms with van der Waals surface area (Å²) in [6.07, 6.45) is 2.64. The lowest BCUT2D eigenvalue weighted by Gasteiger charge is -2.46. The van der Waals surface area contributed by atoms with Gasteiger partial charge in [0.05, 0.1) is 26.9 Å². The zero-order valence-electron chi connectivity index (χ0n) is 17.7. The molecule has 1 N–H and O–H groups in total. The van der Waals surface area contributed by atoms with E-state index in [0.717, 1.165) is 18.4 Å². The van der Waals surface area contributed by atoms with Crippen LogP contribution >= 0.6 is 0 Å². The third-order valence-corrected chi connectivity index (χ3v) is 5.28. The second-order valence-electron chi connectivity index (χ2n) is 7.86. The van der Waals surface area contributed by atoms with Crippen LogP contribution < -0.4 is 19.5 Å². The molecular weight excluding hydrogens is 370 g/mol. The number of esters is 1. The standard InChI is InChI=1S/C23H29NO5/c1-22(2)12-9-13-23(24-22,17-10-7-6-8-11-17)29-21(25)16-14-18(26-3)20(28-5)19(15-16)27-4/h6-8,10-11,14-15,24H,9,12-13H2,1-5H3. The van der Waals surface area contributed by atoms with Gasteiger partial charge in [-0.15, -0.1) is 0 Å². The largest absolute Gasteiger partial charge is 0.493 e. The third-order valence-electron chi connectivity index (χ3n) is 5.28. The van der Waals surface area contributed by atoms with Gasteiger partial charge in [-0.3, -0.25) is 5.32 Å². The van der Waals surface area contributed by atoms with E-state index in [1.54, 1.807) is 12.1 Å². The summed E-state index contributed by atoms with van der Waals surface area (Å²) in [6.45, 7) is 4.24. The predicted octanol–water partition coefficient (Wildman–Crippen LogP) is 4.27. The Morgan fingerprint density at radius 3 is 2.07 bits per heavy atom. The molecule has 0 amide bonds. The van der Waals surface area contributed by atoms with Crippen LogP contribution in [-0.4, -0.2) is 32.8 Å². The Morgan fingerprint density at radius 1 is 0.931 bits per heavy atom. The molecule has 0 radical (unpaired) electrons. The minimum absolute atomic E-state index is 0.163. The zero-order valence-corrected chi connectivity index (χ0v) is 17.7. The van der Waals surface area contributed by atoms with Gasteiger partial charge in [0.1, 0.15) is 0 Å². The summed E-state index contributed by atoms with van der Waals surface area (Å²) in [5, 5.41) is 3.57. The smallest absolute Gasteiger partial charge is 0.340 e. The van der Waals surface area contributed by atoms with Crippen molar-refractivity contribution in [2.75, 3.05) is 21.3 Å². The molecular formula is C23H29NO5. The van der Waals surface area contributed by atoms with Crippen molar-refractivity contribution < 1.29 is 23.7 Å². The zero-order chi connectivity index (χ0) is 21.1. The van der Waals surface area contributed by atoms with Gasteiger partial charge < -0.3 is 18.9 Å². The summed E-state index contributed by atoms with van der Waals surface area (Å²) in [5.74, 6) is 0.786. The van der Waals surface area contributed by atoms with Gasteiger partial charge >= 0.3 is 5.97 Å². The van der Waals surface area contributed by atoms with E-state index in [-0.39, 0.29) is 5.54 Å². The fraction of sp³-hybridized carbons (Fsp3) is 0.435. The molecule has 1 saturated heterocycles. The van der Waals surface area contributed by atoms with Crippen LogP contribution in [0.3, 0.4) is 0 Å². The molecule has 29 heavy (non-hydrogen) atoms. The highest BCUT2D eigenvalue weighted by Gasteiger charge is 2.44. The van der Waals surface area contributed by atoms with Crippen molar-refractivity contribution in [1.29, 1.82) is 0 Å². The molecule has 1 atom stereocenters. The van der Waals surface area contributed by atoms with Crippen LogP contribution in [0, 0.1) is 0 Å². The number of ether oxygens (including phenoxy) is 4. The number of rotatable bonds is 6. The molecule has 0 spiro atoms. The minimum Gasteiger partial charge on any atom is -0.493 e. The van der Waals surface area contributed by atoms with E-state index in [1.807, 2.05) is 30.3 Å². The number of hydrogen-bond acceptors (Lipinski definition) is 6. The van der Waals surface area contributed by atoms with Gasteiger partial charge in [0, 0.05) is 17.5 Å². The molecule has 1 aliphatic rings. The van der Waals surface area contributed by atoms with Crippen molar-refractivity contribution >= 4 is 5.97 Å². The molecule has 3 rings (SSSR count). The first-order valence-corrected chi connectivity index (χ1v) is 9.72. The highest BCUT2D eigenvalue weighted by Crippen LogP contribution is 2.41. The molecule has 2 aromatic carbocycles. The number of hydrogen-bond donors (Lipinski definition) is 1. The topological polar surface area (TPSA) is 66.0 Å². The van der Waals surface area contributed by atoms with Crippen molar-refractivity contribution in [3.63, 3.8) is 0 Å². The first-order chi connectivity index (χ1) is 13.8. The average molecular weight is 399 g/mol. The van der Waals surface area contributed by atoms with E-state index in [1.165, 1.54) is 21.3 Å². The average Bonchev–Trinajstić information content (AvgIpc) is 2.72. The quantitative estimate of drug-likeness (QED) is 0.732. The van der Waals surface area contributed by atoms with Crippen LogP contribution in [0.2, 0.25) is 0 Å². The number of carbonyl (C=O) groups excluding carboxylic acids is 1. The Bertz CT molecular complexity index is 840. The van der Waals surface area contributed by atoms with E-state index in [9.17, 15) is 4.79 Å². The van der Waals surface area contributed by atoms with Gasteiger partial charge in [0.15, 0.2) is 17.2 Å². The van der Waals surface area contributed by atoms with Gasteiger partial charge in [0.2, 0.25) is 5.75 Å². The molecule has 0 bridgehead atoms. The summed E-state index contributed by atoms with van der Waals surface area (Å²) in [4.78, 5) is 13.2. The van der Waals surface area contributed by atoms with Crippen LogP contribution in [0.1, 0.15) is 49.0 Å². The lowest BCUT2D eigenvalue weighted by molar-refractivity contribution is -0.0794. The molecule has 0 saturated carbocycles. The Morgan fingerprint density at radius 2 is 1.55 bits per heavy atom. The molecule has 1 fully saturated rings. The first kappa shape index (κ1) is 21.0. The maximum Gasteiger partial charge on any atom is 0.340 e. The summed E-state index contributed by atoms with van der Waals surface area (Å²) < 4.78 is 22.3. The summed E-state index contributed by atoms with van der Waals surface area (Å²) in [5.41, 5.74) is 0.193. The lowest BCUT2D eigenvalue weighted by atomic mass is 9.83. The Kier molecular flexibility index (Phi) is 6.03. The number of methoxy groups -OCH3 is 3. The van der Waals surface area contributed by atoms with Crippen molar-refractivity contribution in [2.45, 2.75) is 44.4 Å². The monoisotopic (exact) mass is 399 g/mol. The number of carbonyl (C=O) groups is 1. The second-order valence-corrected chi connectivity index (χ2v) is 7.86. The molecule has 156 valence electrons. The fourth-order valence-electron chi connectivity index (χ4n) is 3.93. The van der Waals surface area contributed by atoms with Crippen LogP contribution in [0.4, 0.5) is 0 Å². The number of nitrogens with one attached hydrogen (secondary N) is 1. The molecule has 1 unspecified atom stereocenters. The van der Waals surface area contributed by atoms with Gasteiger partial charge in [-0.25, -0.2) is 4.79 Å². The molecule has 2 aromatic rings. The lowest BCUT2D eigenvalue weighted by Crippen LogP contribution is -2.58. The number of benzene rings is 2. The summed E-state index contributed by atoms with van der Waals surface area (Å²) >= 11 is 0. The fourth-order valence-corrected chi connectivity index (χ4v) is 3.93. The summed E-state index contributed by atoms with van der Waals surface area (Å²) in [6, 6.07) is 13.0. The van der Waals surface area contributed by atoms with Crippen LogP contribution in [-0.2, 0) is 10.5 Å². The van der Waals surface area contributed by atoms with E-state index in [2.05, 4.69) is 19.2 Å². The van der Waals surface area contributed by atoms with Gasteiger partial charge in [-0.2, -0.15) is 0 Å². The van der Waals surface area contributed by atoms with Crippen molar-refractivity contribution in [2.24, 2.45) is 0 Å². The number of piperidine rings is 1. The van der Waals surface area contributed by atoms with Crippen molar-refractivity contribution in [3.8, 4) is 17.2 Å². The molecule has 0 aliphatic carbocycles. The van der Waals surface area contributed by atoms with E-state index >= 15 is 0 Å². The maximum atomic E-state index is 13.2. The first-order valence-electron chi connectivity index (χ1n) is 9.72. The van der Waals surface area contributed by atoms with Crippen LogP contribution in [0.25, 0.3) is 0 Å². The van der Waals surface area contributed by atoms with Gasteiger partial charge in [-0.1, -0.05) is 30.3 Å². The highest BCUT2D eigenvalue weighted by atomic mass is 16.6. The normalized spacial score (nSPS) is 20.6. The van der Waals surface area contributed by atoms with Crippen molar-refractivity contribution in [3.05, 3.63) is 53.6 Å². The third kappa shape index (κ3) is 4.32. The van der Waals surface area contributed by atoms with Crippen molar-refractivity contribution in [1.82, 2.24) is 5.32 Å². The second kappa shape index (κ2) is 8.33. The molecule has 0 aromatic heterocycles. The predicted molar refractivity (Wildman–Crippen MR) is 111 cm³/mol. The summed E-state index contributed by atoms with van der Waals surface area (Å²) in [7, 11) is 4.56. The highest BCUT2D eigenvalue weighted by molar-refractivity contribution is 5.91. The SMILES string of the molecule is COc1cc(C(=O)OC2(c3ccccc3)CCCC(C)(C)N2)cc(OC)c1OC. The van der Waals surface area contributed by atoms with E-state index < -0.39 is 11.7 Å². The molecule has 6 nitrogen and oxygen atoms in total. The minimum atomic E-state index is -0.902. The van der Waals surface area contributed by atoms with E-state index in [4.69, 9.17) is 18.9 Å². The maximum absolute atomic E-state index is 13.2. The Balaban J connectivity index is 2.00.